The quantitative estimate of drug-likeness (QED) is 0.793. The molecule has 1 fully saturated rings. The summed E-state index contributed by atoms with van der Waals surface area (Å²) in [5.74, 6) is 2.86. The molecule has 1 saturated heterocycles. The van der Waals surface area contributed by atoms with Gasteiger partial charge < -0.3 is 4.90 Å². The van der Waals surface area contributed by atoms with Gasteiger partial charge >= 0.3 is 0 Å². The highest BCUT2D eigenvalue weighted by Crippen LogP contribution is 2.17. The van der Waals surface area contributed by atoms with Gasteiger partial charge in [0.05, 0.1) is 16.7 Å². The van der Waals surface area contributed by atoms with E-state index in [1.54, 1.807) is 6.20 Å². The second-order valence-electron chi connectivity index (χ2n) is 5.01. The fourth-order valence-electron chi connectivity index (χ4n) is 2.47. The first-order valence-electron chi connectivity index (χ1n) is 6.71. The summed E-state index contributed by atoms with van der Waals surface area (Å²) in [5, 5.41) is 0. The number of hydrogen-bond acceptors (Lipinski definition) is 3. The van der Waals surface area contributed by atoms with Crippen molar-refractivity contribution in [1.29, 1.82) is 0 Å². The topological polar surface area (TPSA) is 46.1 Å². The molecule has 0 spiro atoms. The van der Waals surface area contributed by atoms with Crippen LogP contribution in [-0.4, -0.2) is 33.9 Å². The summed E-state index contributed by atoms with van der Waals surface area (Å²) in [6, 6.07) is 7.77. The molecule has 0 N–H and O–H groups in total. The van der Waals surface area contributed by atoms with Crippen molar-refractivity contribution in [2.24, 2.45) is 5.92 Å². The highest BCUT2D eigenvalue weighted by atomic mass is 16.2. The lowest BCUT2D eigenvalue weighted by molar-refractivity contribution is -0.127. The van der Waals surface area contributed by atoms with Gasteiger partial charge in [0.25, 0.3) is 0 Å². The molecule has 3 rings (SSSR count). The number of aromatic nitrogens is 2. The molecule has 1 atom stereocenters. The third kappa shape index (κ3) is 2.48. The largest absolute Gasteiger partial charge is 0.341 e. The van der Waals surface area contributed by atoms with Gasteiger partial charge in [-0.1, -0.05) is 12.1 Å². The zero-order chi connectivity index (χ0) is 13.9. The summed E-state index contributed by atoms with van der Waals surface area (Å²) < 4.78 is 0. The molecule has 2 heterocycles. The van der Waals surface area contributed by atoms with Crippen LogP contribution in [0.25, 0.3) is 11.0 Å². The lowest BCUT2D eigenvalue weighted by Gasteiger charge is -2.15. The van der Waals surface area contributed by atoms with Crippen molar-refractivity contribution < 1.29 is 4.79 Å². The number of fused-ring (bicyclic) bond motifs is 1. The molecule has 0 aliphatic carbocycles. The van der Waals surface area contributed by atoms with Gasteiger partial charge in [-0.3, -0.25) is 9.78 Å². The van der Waals surface area contributed by atoms with E-state index >= 15 is 0 Å². The number of benzene rings is 1. The summed E-state index contributed by atoms with van der Waals surface area (Å²) in [6.45, 7) is 1.32. The van der Waals surface area contributed by atoms with Gasteiger partial charge in [0, 0.05) is 38.0 Å². The number of terminal acetylenes is 1. The Morgan fingerprint density at radius 3 is 2.90 bits per heavy atom. The number of likely N-dealkylation sites (tertiary alicyclic amines) is 1. The average Bonchev–Trinajstić information content (AvgIpc) is 2.85. The normalized spacial score (nSPS) is 18.4. The Bertz CT molecular complexity index is 689. The Balaban J connectivity index is 1.68. The zero-order valence-corrected chi connectivity index (χ0v) is 11.1. The first-order valence-corrected chi connectivity index (χ1v) is 6.71. The van der Waals surface area contributed by atoms with E-state index in [2.05, 4.69) is 15.9 Å². The van der Waals surface area contributed by atoms with Crippen LogP contribution in [-0.2, 0) is 11.2 Å². The van der Waals surface area contributed by atoms with Gasteiger partial charge in [-0.2, -0.15) is 0 Å². The predicted octanol–water partition coefficient (Wildman–Crippen LogP) is 1.65. The summed E-state index contributed by atoms with van der Waals surface area (Å²) in [5.41, 5.74) is 2.68. The molecule has 0 bridgehead atoms. The van der Waals surface area contributed by atoms with E-state index in [9.17, 15) is 4.79 Å². The van der Waals surface area contributed by atoms with Crippen molar-refractivity contribution in [3.63, 3.8) is 0 Å². The monoisotopic (exact) mass is 265 g/mol. The molecule has 2 aromatic rings. The highest BCUT2D eigenvalue weighted by molar-refractivity contribution is 5.79. The molecule has 1 aromatic heterocycles. The molecule has 20 heavy (non-hydrogen) atoms. The number of amides is 1. The fraction of sp³-hybridized carbons (Fsp3) is 0.312. The molecular weight excluding hydrogens is 250 g/mol. The van der Waals surface area contributed by atoms with Gasteiger partial charge in [-0.05, 0) is 12.1 Å². The third-order valence-corrected chi connectivity index (χ3v) is 3.59. The van der Waals surface area contributed by atoms with Crippen molar-refractivity contribution in [3.8, 4) is 12.3 Å². The number of carbonyl (C=O) groups excluding carboxylic acids is 1. The van der Waals surface area contributed by atoms with Crippen LogP contribution in [0, 0.1) is 18.3 Å². The number of hydrogen-bond donors (Lipinski definition) is 0. The predicted molar refractivity (Wildman–Crippen MR) is 76.8 cm³/mol. The van der Waals surface area contributed by atoms with Crippen LogP contribution in [0.1, 0.15) is 12.1 Å². The molecule has 1 aliphatic heterocycles. The standard InChI is InChI=1S/C16H15N3O/c1-2-12-9-16(20)19(11-12)8-7-13-10-17-14-5-3-4-6-15(14)18-13/h1,3-6,10,12H,7-9,11H2. The third-order valence-electron chi connectivity index (χ3n) is 3.59. The first-order chi connectivity index (χ1) is 9.76. The molecule has 0 radical (unpaired) electrons. The molecule has 1 aliphatic rings. The number of rotatable bonds is 3. The summed E-state index contributed by atoms with van der Waals surface area (Å²) in [7, 11) is 0. The van der Waals surface area contributed by atoms with E-state index in [0.717, 1.165) is 16.7 Å². The minimum atomic E-state index is 0.0604. The van der Waals surface area contributed by atoms with Crippen LogP contribution in [0.5, 0.6) is 0 Å². The van der Waals surface area contributed by atoms with Gasteiger partial charge in [0.15, 0.2) is 0 Å². The Kier molecular flexibility index (Phi) is 3.34. The molecule has 4 nitrogen and oxygen atoms in total. The van der Waals surface area contributed by atoms with E-state index in [0.29, 0.717) is 25.9 Å². The van der Waals surface area contributed by atoms with Crippen molar-refractivity contribution in [2.45, 2.75) is 12.8 Å². The maximum atomic E-state index is 11.8. The Morgan fingerprint density at radius 1 is 1.35 bits per heavy atom. The first kappa shape index (κ1) is 12.6. The average molecular weight is 265 g/mol. The van der Waals surface area contributed by atoms with Crippen molar-refractivity contribution in [2.75, 3.05) is 13.1 Å². The summed E-state index contributed by atoms with van der Waals surface area (Å²) >= 11 is 0. The van der Waals surface area contributed by atoms with Crippen LogP contribution in [0.15, 0.2) is 30.5 Å². The van der Waals surface area contributed by atoms with Crippen LogP contribution in [0.4, 0.5) is 0 Å². The minimum Gasteiger partial charge on any atom is -0.341 e. The zero-order valence-electron chi connectivity index (χ0n) is 11.1. The SMILES string of the molecule is C#CC1CC(=O)N(CCc2cnc3ccccc3n2)C1. The summed E-state index contributed by atoms with van der Waals surface area (Å²) in [4.78, 5) is 22.5. The Hall–Kier alpha value is -2.41. The molecule has 100 valence electrons. The minimum absolute atomic E-state index is 0.0604. The second kappa shape index (κ2) is 5.30. The molecule has 1 aromatic carbocycles. The van der Waals surface area contributed by atoms with E-state index in [1.807, 2.05) is 29.2 Å². The van der Waals surface area contributed by atoms with Crippen molar-refractivity contribution in [1.82, 2.24) is 14.9 Å². The molecular formula is C16H15N3O. The maximum Gasteiger partial charge on any atom is 0.223 e. The lowest BCUT2D eigenvalue weighted by Crippen LogP contribution is -2.27. The van der Waals surface area contributed by atoms with Crippen LogP contribution in [0.3, 0.4) is 0 Å². The van der Waals surface area contributed by atoms with Crippen LogP contribution < -0.4 is 0 Å². The fourth-order valence-corrected chi connectivity index (χ4v) is 2.47. The van der Waals surface area contributed by atoms with Gasteiger partial charge in [0.1, 0.15) is 0 Å². The molecule has 1 amide bonds. The van der Waals surface area contributed by atoms with E-state index in [4.69, 9.17) is 6.42 Å². The van der Waals surface area contributed by atoms with Gasteiger partial charge in [-0.15, -0.1) is 12.3 Å². The highest BCUT2D eigenvalue weighted by Gasteiger charge is 2.27. The van der Waals surface area contributed by atoms with E-state index < -0.39 is 0 Å². The molecule has 0 saturated carbocycles. The lowest BCUT2D eigenvalue weighted by atomic mass is 10.1. The maximum absolute atomic E-state index is 11.8. The van der Waals surface area contributed by atoms with Crippen molar-refractivity contribution in [3.05, 3.63) is 36.2 Å². The number of carbonyl (C=O) groups is 1. The Morgan fingerprint density at radius 2 is 2.15 bits per heavy atom. The molecule has 4 heteroatoms. The van der Waals surface area contributed by atoms with Gasteiger partial charge in [-0.25, -0.2) is 4.98 Å². The van der Waals surface area contributed by atoms with Gasteiger partial charge in [0.2, 0.25) is 5.91 Å². The second-order valence-corrected chi connectivity index (χ2v) is 5.01. The van der Waals surface area contributed by atoms with Crippen molar-refractivity contribution >= 4 is 16.9 Å². The smallest absolute Gasteiger partial charge is 0.223 e. The van der Waals surface area contributed by atoms with E-state index in [1.165, 1.54) is 0 Å². The molecule has 1 unspecified atom stereocenters. The number of para-hydroxylation sites is 2. The summed E-state index contributed by atoms with van der Waals surface area (Å²) in [6.07, 6.45) is 8.34. The van der Waals surface area contributed by atoms with Crippen LogP contribution >= 0.6 is 0 Å². The Labute approximate surface area is 117 Å². The van der Waals surface area contributed by atoms with Crippen LogP contribution in [0.2, 0.25) is 0 Å². The number of nitrogens with zero attached hydrogens (tertiary/aromatic N) is 3. The van der Waals surface area contributed by atoms with E-state index in [-0.39, 0.29) is 11.8 Å².